The van der Waals surface area contributed by atoms with Crippen molar-refractivity contribution in [3.8, 4) is 0 Å². The Morgan fingerprint density at radius 3 is 2.79 bits per heavy atom. The Bertz CT molecular complexity index is 491. The Hall–Kier alpha value is -1.61. The second-order valence-electron chi connectivity index (χ2n) is 6.00. The van der Waals surface area contributed by atoms with E-state index in [1.54, 1.807) is 6.08 Å². The molecule has 1 aromatic rings. The van der Waals surface area contributed by atoms with Gasteiger partial charge in [0.05, 0.1) is 0 Å². The van der Waals surface area contributed by atoms with Crippen molar-refractivity contribution < 1.29 is 9.90 Å². The molecule has 19 heavy (non-hydrogen) atoms. The van der Waals surface area contributed by atoms with Crippen LogP contribution in [-0.2, 0) is 11.3 Å². The fourth-order valence-electron chi connectivity index (χ4n) is 2.60. The van der Waals surface area contributed by atoms with E-state index in [2.05, 4.69) is 24.8 Å². The summed E-state index contributed by atoms with van der Waals surface area (Å²) in [5, 5.41) is 8.72. The van der Waals surface area contributed by atoms with Crippen molar-refractivity contribution in [3.63, 3.8) is 0 Å². The zero-order valence-electron chi connectivity index (χ0n) is 11.6. The molecule has 3 heteroatoms. The predicted octanol–water partition coefficient (Wildman–Crippen LogP) is 3.02. The van der Waals surface area contributed by atoms with Gasteiger partial charge in [-0.25, -0.2) is 4.79 Å². The quantitative estimate of drug-likeness (QED) is 0.845. The molecular formula is C16H21NO2. The van der Waals surface area contributed by atoms with Gasteiger partial charge in [-0.1, -0.05) is 38.1 Å². The van der Waals surface area contributed by atoms with Gasteiger partial charge in [-0.15, -0.1) is 0 Å². The van der Waals surface area contributed by atoms with Crippen LogP contribution in [0.3, 0.4) is 0 Å². The molecule has 102 valence electrons. The van der Waals surface area contributed by atoms with Gasteiger partial charge in [0.15, 0.2) is 0 Å². The van der Waals surface area contributed by atoms with Crippen molar-refractivity contribution in [2.75, 3.05) is 13.1 Å². The molecule has 0 radical (unpaired) electrons. The maximum Gasteiger partial charge on any atom is 0.328 e. The predicted molar refractivity (Wildman–Crippen MR) is 76.8 cm³/mol. The van der Waals surface area contributed by atoms with Crippen LogP contribution in [0.5, 0.6) is 0 Å². The molecule has 0 saturated carbocycles. The van der Waals surface area contributed by atoms with E-state index in [0.29, 0.717) is 5.41 Å². The van der Waals surface area contributed by atoms with E-state index in [1.807, 2.05) is 18.2 Å². The zero-order chi connectivity index (χ0) is 13.9. The number of carboxylic acid groups (broad SMARTS) is 1. The summed E-state index contributed by atoms with van der Waals surface area (Å²) in [6.45, 7) is 7.70. The van der Waals surface area contributed by atoms with E-state index in [1.165, 1.54) is 18.1 Å². The lowest BCUT2D eigenvalue weighted by atomic mass is 9.93. The lowest BCUT2D eigenvalue weighted by Gasteiger charge is -2.20. The number of hydrogen-bond acceptors (Lipinski definition) is 2. The highest BCUT2D eigenvalue weighted by molar-refractivity contribution is 5.85. The molecule has 0 amide bonds. The van der Waals surface area contributed by atoms with E-state index < -0.39 is 5.97 Å². The fourth-order valence-corrected chi connectivity index (χ4v) is 2.60. The van der Waals surface area contributed by atoms with Crippen molar-refractivity contribution in [2.24, 2.45) is 5.41 Å². The van der Waals surface area contributed by atoms with Crippen molar-refractivity contribution in [2.45, 2.75) is 26.8 Å². The molecule has 1 aliphatic rings. The third-order valence-corrected chi connectivity index (χ3v) is 3.61. The van der Waals surface area contributed by atoms with E-state index in [-0.39, 0.29) is 0 Å². The molecule has 1 saturated heterocycles. The molecule has 1 N–H and O–H groups in total. The molecule has 1 aromatic carbocycles. The molecule has 1 heterocycles. The first-order valence-electron chi connectivity index (χ1n) is 6.68. The number of hydrogen-bond donors (Lipinski definition) is 1. The highest BCUT2D eigenvalue weighted by Gasteiger charge is 2.29. The average molecular weight is 259 g/mol. The van der Waals surface area contributed by atoms with E-state index in [4.69, 9.17) is 5.11 Å². The van der Waals surface area contributed by atoms with Crippen molar-refractivity contribution >= 4 is 12.0 Å². The van der Waals surface area contributed by atoms with Crippen LogP contribution in [0.25, 0.3) is 6.08 Å². The number of rotatable bonds is 4. The third kappa shape index (κ3) is 3.93. The SMILES string of the molecule is CC1(C)CCN(Cc2ccccc2C=CC(=O)O)C1. The van der Waals surface area contributed by atoms with E-state index in [9.17, 15) is 4.79 Å². The van der Waals surface area contributed by atoms with Crippen molar-refractivity contribution in [3.05, 3.63) is 41.5 Å². The summed E-state index contributed by atoms with van der Waals surface area (Å²) in [6.07, 6.45) is 4.10. The number of nitrogens with zero attached hydrogens (tertiary/aromatic N) is 1. The van der Waals surface area contributed by atoms with Crippen molar-refractivity contribution in [1.29, 1.82) is 0 Å². The highest BCUT2D eigenvalue weighted by Crippen LogP contribution is 2.30. The summed E-state index contributed by atoms with van der Waals surface area (Å²) in [5.74, 6) is -0.905. The summed E-state index contributed by atoms with van der Waals surface area (Å²) < 4.78 is 0. The summed E-state index contributed by atoms with van der Waals surface area (Å²) >= 11 is 0. The molecule has 0 spiro atoms. The minimum atomic E-state index is -0.905. The maximum absolute atomic E-state index is 10.6. The molecule has 0 atom stereocenters. The third-order valence-electron chi connectivity index (χ3n) is 3.61. The van der Waals surface area contributed by atoms with Crippen LogP contribution in [0.4, 0.5) is 0 Å². The van der Waals surface area contributed by atoms with Gasteiger partial charge in [0.2, 0.25) is 0 Å². The molecule has 3 nitrogen and oxygen atoms in total. The normalized spacial score (nSPS) is 19.1. The van der Waals surface area contributed by atoms with Crippen LogP contribution in [0.2, 0.25) is 0 Å². The van der Waals surface area contributed by atoms with Crippen LogP contribution in [0, 0.1) is 5.41 Å². The smallest absolute Gasteiger partial charge is 0.328 e. The standard InChI is InChI=1S/C16H21NO2/c1-16(2)9-10-17(12-16)11-14-6-4-3-5-13(14)7-8-15(18)19/h3-8H,9-12H2,1-2H3,(H,18,19). The Balaban J connectivity index is 2.10. The van der Waals surface area contributed by atoms with Gasteiger partial charge in [0, 0.05) is 19.2 Å². The van der Waals surface area contributed by atoms with E-state index >= 15 is 0 Å². The van der Waals surface area contributed by atoms with Crippen LogP contribution >= 0.6 is 0 Å². The second kappa shape index (κ2) is 5.57. The Morgan fingerprint density at radius 1 is 1.42 bits per heavy atom. The van der Waals surface area contributed by atoms with Crippen LogP contribution in [0.1, 0.15) is 31.4 Å². The topological polar surface area (TPSA) is 40.5 Å². The largest absolute Gasteiger partial charge is 0.478 e. The molecule has 1 aliphatic heterocycles. The Labute approximate surface area is 114 Å². The highest BCUT2D eigenvalue weighted by atomic mass is 16.4. The minimum Gasteiger partial charge on any atom is -0.478 e. The summed E-state index contributed by atoms with van der Waals surface area (Å²) in [7, 11) is 0. The van der Waals surface area contributed by atoms with Gasteiger partial charge >= 0.3 is 5.97 Å². The number of likely N-dealkylation sites (tertiary alicyclic amines) is 1. The van der Waals surface area contributed by atoms with Crippen LogP contribution in [-0.4, -0.2) is 29.1 Å². The van der Waals surface area contributed by atoms with Crippen molar-refractivity contribution in [1.82, 2.24) is 4.90 Å². The summed E-state index contributed by atoms with van der Waals surface area (Å²) in [6, 6.07) is 8.00. The molecule has 0 aromatic heterocycles. The molecule has 1 fully saturated rings. The zero-order valence-corrected chi connectivity index (χ0v) is 11.6. The van der Waals surface area contributed by atoms with Gasteiger partial charge in [0.1, 0.15) is 0 Å². The van der Waals surface area contributed by atoms with Gasteiger partial charge in [-0.3, -0.25) is 4.90 Å². The minimum absolute atomic E-state index is 0.395. The fraction of sp³-hybridized carbons (Fsp3) is 0.438. The molecule has 0 bridgehead atoms. The molecule has 0 aliphatic carbocycles. The summed E-state index contributed by atoms with van der Waals surface area (Å²) in [5.41, 5.74) is 2.58. The first kappa shape index (κ1) is 13.8. The first-order chi connectivity index (χ1) is 8.96. The molecule has 0 unspecified atom stereocenters. The summed E-state index contributed by atoms with van der Waals surface area (Å²) in [4.78, 5) is 13.1. The number of aliphatic carboxylic acids is 1. The van der Waals surface area contributed by atoms with Crippen LogP contribution in [0.15, 0.2) is 30.3 Å². The maximum atomic E-state index is 10.6. The second-order valence-corrected chi connectivity index (χ2v) is 6.00. The first-order valence-corrected chi connectivity index (χ1v) is 6.68. The van der Waals surface area contributed by atoms with Gasteiger partial charge in [-0.2, -0.15) is 0 Å². The van der Waals surface area contributed by atoms with Gasteiger partial charge in [0.25, 0.3) is 0 Å². The number of carboxylic acids is 1. The van der Waals surface area contributed by atoms with Gasteiger partial charge < -0.3 is 5.11 Å². The van der Waals surface area contributed by atoms with Crippen LogP contribution < -0.4 is 0 Å². The Morgan fingerprint density at radius 2 is 2.16 bits per heavy atom. The number of benzene rings is 1. The molecule has 2 rings (SSSR count). The average Bonchev–Trinajstić information content (AvgIpc) is 2.67. The monoisotopic (exact) mass is 259 g/mol. The number of carbonyl (C=O) groups is 1. The lowest BCUT2D eigenvalue weighted by molar-refractivity contribution is -0.131. The van der Waals surface area contributed by atoms with E-state index in [0.717, 1.165) is 25.2 Å². The Kier molecular flexibility index (Phi) is 4.05. The van der Waals surface area contributed by atoms with Gasteiger partial charge in [-0.05, 0) is 35.6 Å². The molecular weight excluding hydrogens is 238 g/mol. The lowest BCUT2D eigenvalue weighted by Crippen LogP contribution is -2.23.